The summed E-state index contributed by atoms with van der Waals surface area (Å²) in [7, 11) is -3.70. The van der Waals surface area contributed by atoms with Gasteiger partial charge in [-0.3, -0.25) is 9.71 Å². The average molecular weight is 344 g/mol. The number of nitrogen functional groups attached to an aromatic ring is 1. The van der Waals surface area contributed by atoms with E-state index in [9.17, 15) is 8.42 Å². The summed E-state index contributed by atoms with van der Waals surface area (Å²) in [6.07, 6.45) is 4.20. The normalized spacial score (nSPS) is 11.1. The number of hydrogen-bond donors (Lipinski definition) is 3. The molecule has 0 atom stereocenters. The van der Waals surface area contributed by atoms with Crippen molar-refractivity contribution in [1.29, 1.82) is 0 Å². The van der Waals surface area contributed by atoms with E-state index >= 15 is 0 Å². The van der Waals surface area contributed by atoms with Crippen LogP contribution in [0.2, 0.25) is 0 Å². The lowest BCUT2D eigenvalue weighted by molar-refractivity contribution is 0.601. The number of hydrogen-bond acceptors (Lipinski definition) is 6. The summed E-state index contributed by atoms with van der Waals surface area (Å²) in [5, 5.41) is 0. The standard InChI is InChI=1S/C10H10BrN5O2S/c11-8-6-13-4-3-9(8)16-19(17,18)7-1-2-10(15-12)14-5-7/h1-6H,12H2,(H,13,16)(H,14,15). The van der Waals surface area contributed by atoms with Crippen LogP contribution in [0.3, 0.4) is 0 Å². The van der Waals surface area contributed by atoms with Crippen molar-refractivity contribution in [3.8, 4) is 0 Å². The molecule has 0 aliphatic carbocycles. The molecule has 0 saturated heterocycles. The van der Waals surface area contributed by atoms with Crippen molar-refractivity contribution in [3.63, 3.8) is 0 Å². The first-order valence-corrected chi connectivity index (χ1v) is 7.35. The molecule has 0 spiro atoms. The fourth-order valence-electron chi connectivity index (χ4n) is 1.29. The van der Waals surface area contributed by atoms with Gasteiger partial charge in [-0.1, -0.05) is 0 Å². The Labute approximate surface area is 118 Å². The third-order valence-corrected chi connectivity index (χ3v) is 4.19. The van der Waals surface area contributed by atoms with E-state index < -0.39 is 10.0 Å². The van der Waals surface area contributed by atoms with Gasteiger partial charge in [0.2, 0.25) is 0 Å². The van der Waals surface area contributed by atoms with Crippen LogP contribution in [0.15, 0.2) is 46.2 Å². The number of nitrogens with two attached hydrogens (primary N) is 1. The van der Waals surface area contributed by atoms with Gasteiger partial charge in [-0.15, -0.1) is 0 Å². The van der Waals surface area contributed by atoms with Crippen molar-refractivity contribution in [2.45, 2.75) is 4.90 Å². The molecule has 4 N–H and O–H groups in total. The summed E-state index contributed by atoms with van der Waals surface area (Å²) in [5.41, 5.74) is 2.72. The molecule has 9 heteroatoms. The van der Waals surface area contributed by atoms with Crippen LogP contribution in [-0.2, 0) is 10.0 Å². The van der Waals surface area contributed by atoms with Gasteiger partial charge < -0.3 is 5.43 Å². The first-order chi connectivity index (χ1) is 9.03. The van der Waals surface area contributed by atoms with E-state index in [-0.39, 0.29) is 4.90 Å². The van der Waals surface area contributed by atoms with E-state index in [2.05, 4.69) is 36.0 Å². The zero-order valence-corrected chi connectivity index (χ0v) is 11.9. The zero-order valence-electron chi connectivity index (χ0n) is 9.54. The molecular formula is C10H10BrN5O2S. The van der Waals surface area contributed by atoms with E-state index in [0.717, 1.165) is 0 Å². The summed E-state index contributed by atoms with van der Waals surface area (Å²) in [6.45, 7) is 0. The minimum Gasteiger partial charge on any atom is -0.308 e. The summed E-state index contributed by atoms with van der Waals surface area (Å²) in [6, 6.07) is 4.42. The maximum atomic E-state index is 12.1. The number of anilines is 2. The van der Waals surface area contributed by atoms with Crippen LogP contribution in [0.4, 0.5) is 11.5 Å². The topological polar surface area (TPSA) is 110 Å². The first-order valence-electron chi connectivity index (χ1n) is 5.08. The summed E-state index contributed by atoms with van der Waals surface area (Å²) in [4.78, 5) is 7.74. The lowest BCUT2D eigenvalue weighted by atomic mass is 10.4. The highest BCUT2D eigenvalue weighted by atomic mass is 79.9. The van der Waals surface area contributed by atoms with Crippen LogP contribution < -0.4 is 16.0 Å². The van der Waals surface area contributed by atoms with Gasteiger partial charge in [-0.2, -0.15) is 0 Å². The smallest absolute Gasteiger partial charge is 0.263 e. The van der Waals surface area contributed by atoms with Crippen LogP contribution in [-0.4, -0.2) is 18.4 Å². The molecule has 0 saturated carbocycles. The van der Waals surface area contributed by atoms with Crippen LogP contribution in [0, 0.1) is 0 Å². The number of pyridine rings is 2. The monoisotopic (exact) mass is 343 g/mol. The minimum atomic E-state index is -3.70. The maximum absolute atomic E-state index is 12.1. The molecule has 0 amide bonds. The Morgan fingerprint density at radius 2 is 2.00 bits per heavy atom. The SMILES string of the molecule is NNc1ccc(S(=O)(=O)Nc2ccncc2Br)cn1. The Kier molecular flexibility index (Phi) is 3.98. The molecule has 7 nitrogen and oxygen atoms in total. The van der Waals surface area contributed by atoms with Crippen molar-refractivity contribution in [1.82, 2.24) is 9.97 Å². The number of halogens is 1. The predicted octanol–water partition coefficient (Wildman–Crippen LogP) is 1.33. The second-order valence-corrected chi connectivity index (χ2v) is 6.02. The van der Waals surface area contributed by atoms with Gasteiger partial charge in [0, 0.05) is 18.6 Å². The van der Waals surface area contributed by atoms with Crippen LogP contribution in [0.1, 0.15) is 0 Å². The van der Waals surface area contributed by atoms with E-state index in [1.165, 1.54) is 30.7 Å². The second kappa shape index (κ2) is 5.51. The fraction of sp³-hybridized carbons (Fsp3) is 0. The van der Waals surface area contributed by atoms with Crippen molar-refractivity contribution in [2.75, 3.05) is 10.1 Å². The molecule has 0 radical (unpaired) electrons. The van der Waals surface area contributed by atoms with E-state index in [1.54, 1.807) is 6.07 Å². The minimum absolute atomic E-state index is 0.0372. The largest absolute Gasteiger partial charge is 0.308 e. The number of nitrogens with one attached hydrogen (secondary N) is 2. The third-order valence-electron chi connectivity index (χ3n) is 2.21. The summed E-state index contributed by atoms with van der Waals surface area (Å²) >= 11 is 3.21. The van der Waals surface area contributed by atoms with Gasteiger partial charge in [0.25, 0.3) is 10.0 Å². The van der Waals surface area contributed by atoms with Crippen molar-refractivity contribution in [3.05, 3.63) is 41.3 Å². The molecule has 0 unspecified atom stereocenters. The first kappa shape index (κ1) is 13.7. The van der Waals surface area contributed by atoms with Gasteiger partial charge in [0.15, 0.2) is 0 Å². The molecule has 2 aromatic heterocycles. The quantitative estimate of drug-likeness (QED) is 0.570. The molecule has 100 valence electrons. The third kappa shape index (κ3) is 3.19. The van der Waals surface area contributed by atoms with E-state index in [1.807, 2.05) is 0 Å². The Bertz CT molecular complexity index is 675. The van der Waals surface area contributed by atoms with Gasteiger partial charge in [-0.25, -0.2) is 19.2 Å². The molecule has 0 aromatic carbocycles. The van der Waals surface area contributed by atoms with E-state index in [4.69, 9.17) is 5.84 Å². The second-order valence-electron chi connectivity index (χ2n) is 3.48. The number of nitrogens with zero attached hydrogens (tertiary/aromatic N) is 2. The molecule has 0 aliphatic heterocycles. The van der Waals surface area contributed by atoms with Crippen LogP contribution in [0.25, 0.3) is 0 Å². The average Bonchev–Trinajstić information content (AvgIpc) is 2.41. The maximum Gasteiger partial charge on any atom is 0.263 e. The van der Waals surface area contributed by atoms with Crippen LogP contribution >= 0.6 is 15.9 Å². The van der Waals surface area contributed by atoms with Gasteiger partial charge in [0.1, 0.15) is 10.7 Å². The Hall–Kier alpha value is -1.71. The van der Waals surface area contributed by atoms with Crippen molar-refractivity contribution >= 4 is 37.5 Å². The fourth-order valence-corrected chi connectivity index (χ4v) is 2.79. The highest BCUT2D eigenvalue weighted by Crippen LogP contribution is 2.23. The Morgan fingerprint density at radius 1 is 1.21 bits per heavy atom. The van der Waals surface area contributed by atoms with Crippen LogP contribution in [0.5, 0.6) is 0 Å². The van der Waals surface area contributed by atoms with Crippen molar-refractivity contribution in [2.24, 2.45) is 5.84 Å². The lowest BCUT2D eigenvalue weighted by Crippen LogP contribution is -2.14. The number of rotatable bonds is 4. The molecule has 2 rings (SSSR count). The van der Waals surface area contributed by atoms with Crippen molar-refractivity contribution < 1.29 is 8.42 Å². The summed E-state index contributed by atoms with van der Waals surface area (Å²) < 4.78 is 27.2. The Morgan fingerprint density at radius 3 is 2.58 bits per heavy atom. The molecule has 0 aliphatic rings. The molecule has 0 bridgehead atoms. The molecule has 0 fully saturated rings. The Balaban J connectivity index is 2.30. The highest BCUT2D eigenvalue weighted by molar-refractivity contribution is 9.10. The lowest BCUT2D eigenvalue weighted by Gasteiger charge is -2.09. The number of sulfonamides is 1. The van der Waals surface area contributed by atoms with E-state index in [0.29, 0.717) is 16.0 Å². The van der Waals surface area contributed by atoms with Gasteiger partial charge >= 0.3 is 0 Å². The number of aromatic nitrogens is 2. The number of hydrazine groups is 1. The zero-order chi connectivity index (χ0) is 13.9. The van der Waals surface area contributed by atoms with Gasteiger partial charge in [0.05, 0.1) is 10.2 Å². The highest BCUT2D eigenvalue weighted by Gasteiger charge is 2.15. The summed E-state index contributed by atoms with van der Waals surface area (Å²) in [5.74, 6) is 5.54. The molecule has 2 heterocycles. The molecular weight excluding hydrogens is 334 g/mol. The molecule has 2 aromatic rings. The molecule has 19 heavy (non-hydrogen) atoms. The van der Waals surface area contributed by atoms with Gasteiger partial charge in [-0.05, 0) is 34.1 Å². The predicted molar refractivity (Wildman–Crippen MR) is 74.8 cm³/mol.